The summed E-state index contributed by atoms with van der Waals surface area (Å²) in [6.45, 7) is 0. The van der Waals surface area contributed by atoms with Gasteiger partial charge in [-0.2, -0.15) is 0 Å². The fourth-order valence-electron chi connectivity index (χ4n) is 6.78. The molecule has 0 aliphatic heterocycles. The van der Waals surface area contributed by atoms with E-state index in [1.54, 1.807) is 0 Å². The highest BCUT2D eigenvalue weighted by Gasteiger charge is 2.51. The zero-order chi connectivity index (χ0) is 24.6. The van der Waals surface area contributed by atoms with E-state index in [1.807, 2.05) is 6.07 Å². The molecule has 0 atom stereocenters. The summed E-state index contributed by atoms with van der Waals surface area (Å²) in [5, 5.41) is 5.54. The van der Waals surface area contributed by atoms with Crippen molar-refractivity contribution in [1.82, 2.24) is 0 Å². The van der Waals surface area contributed by atoms with Gasteiger partial charge in [0.05, 0.1) is 0 Å². The third-order valence-corrected chi connectivity index (χ3v) is 8.54. The summed E-state index contributed by atoms with van der Waals surface area (Å²) >= 11 is 7.06. The molecule has 0 saturated heterocycles. The predicted octanol–water partition coefficient (Wildman–Crippen LogP) is 8.84. The lowest BCUT2D eigenvalue weighted by molar-refractivity contribution is 0.666. The fourth-order valence-corrected chi connectivity index (χ4v) is 7.10. The van der Waals surface area contributed by atoms with Crippen LogP contribution < -0.4 is 0 Å². The van der Waals surface area contributed by atoms with Gasteiger partial charge < -0.3 is 0 Å². The van der Waals surface area contributed by atoms with E-state index in [9.17, 15) is 0 Å². The van der Waals surface area contributed by atoms with Crippen LogP contribution in [0.2, 0.25) is 5.02 Å². The maximum Gasteiger partial charge on any atom is 0.109 e. The minimum atomic E-state index is -0.645. The Morgan fingerprint density at radius 2 is 1.11 bits per heavy atom. The molecule has 1 heteroatoms. The van der Waals surface area contributed by atoms with Crippen LogP contribution in [0.25, 0.3) is 21.5 Å². The minimum Gasteiger partial charge on any atom is -0.0839 e. The van der Waals surface area contributed by atoms with Crippen LogP contribution in [0.15, 0.2) is 121 Å². The molecule has 172 valence electrons. The second kappa shape index (κ2) is 7.59. The lowest BCUT2D eigenvalue weighted by atomic mass is 9.53. The number of hydrogen-bond acceptors (Lipinski definition) is 0. The molecule has 6 aromatic carbocycles. The highest BCUT2D eigenvalue weighted by Crippen LogP contribution is 2.60. The largest absolute Gasteiger partial charge is 0.109 e. The molecule has 0 radical (unpaired) electrons. The molecule has 3 aliphatic carbocycles. The second-order valence-electron chi connectivity index (χ2n) is 10.0. The Balaban J connectivity index is 1.54. The Hall–Kier alpha value is -4.31. The summed E-state index contributed by atoms with van der Waals surface area (Å²) in [5.74, 6) is 7.83. The molecule has 37 heavy (non-hydrogen) atoms. The van der Waals surface area contributed by atoms with Gasteiger partial charge in [-0.05, 0) is 61.5 Å². The summed E-state index contributed by atoms with van der Waals surface area (Å²) in [6, 6.07) is 43.3. The van der Waals surface area contributed by atoms with Crippen molar-refractivity contribution in [3.63, 3.8) is 0 Å². The highest BCUT2D eigenvalue weighted by atomic mass is 35.5. The molecule has 0 fully saturated rings. The van der Waals surface area contributed by atoms with Crippen LogP contribution in [0.1, 0.15) is 44.9 Å². The van der Waals surface area contributed by atoms with Crippen molar-refractivity contribution in [3.05, 3.63) is 165 Å². The van der Waals surface area contributed by atoms with Gasteiger partial charge in [-0.15, -0.1) is 0 Å². The average molecular weight is 489 g/mol. The van der Waals surface area contributed by atoms with E-state index < -0.39 is 5.41 Å². The maximum absolute atomic E-state index is 7.06. The van der Waals surface area contributed by atoms with Gasteiger partial charge in [-0.25, -0.2) is 0 Å². The lowest BCUT2D eigenvalue weighted by Gasteiger charge is -2.48. The van der Waals surface area contributed by atoms with E-state index in [1.165, 1.54) is 49.4 Å². The average Bonchev–Trinajstić information content (AvgIpc) is 2.95. The predicted molar refractivity (Wildman–Crippen MR) is 153 cm³/mol. The lowest BCUT2D eigenvalue weighted by Crippen LogP contribution is -2.41. The van der Waals surface area contributed by atoms with E-state index >= 15 is 0 Å². The molecule has 0 amide bonds. The van der Waals surface area contributed by atoms with Crippen molar-refractivity contribution in [2.75, 3.05) is 0 Å². The molecule has 0 unspecified atom stereocenters. The van der Waals surface area contributed by atoms with Crippen molar-refractivity contribution >= 4 is 33.1 Å². The van der Waals surface area contributed by atoms with Gasteiger partial charge in [0.1, 0.15) is 5.41 Å². The molecule has 9 rings (SSSR count). The van der Waals surface area contributed by atoms with Crippen LogP contribution >= 0.6 is 11.6 Å². The first-order chi connectivity index (χ1) is 18.3. The zero-order valence-electron chi connectivity index (χ0n) is 20.0. The normalized spacial score (nSPS) is 18.6. The second-order valence-corrected chi connectivity index (χ2v) is 10.4. The Bertz CT molecular complexity index is 1870. The monoisotopic (exact) mass is 488 g/mol. The van der Waals surface area contributed by atoms with Gasteiger partial charge in [0.15, 0.2) is 0 Å². The van der Waals surface area contributed by atoms with Gasteiger partial charge in [0.25, 0.3) is 0 Å². The van der Waals surface area contributed by atoms with Crippen molar-refractivity contribution in [1.29, 1.82) is 0 Å². The van der Waals surface area contributed by atoms with E-state index in [0.29, 0.717) is 0 Å². The Kier molecular flexibility index (Phi) is 4.28. The van der Waals surface area contributed by atoms with Crippen LogP contribution in [0, 0.1) is 11.8 Å². The molecule has 3 aliphatic rings. The smallest absolute Gasteiger partial charge is 0.0839 e. The van der Waals surface area contributed by atoms with Crippen LogP contribution in [0.5, 0.6) is 0 Å². The van der Waals surface area contributed by atoms with Crippen molar-refractivity contribution < 1.29 is 0 Å². The van der Waals surface area contributed by atoms with Crippen molar-refractivity contribution in [3.8, 4) is 11.8 Å². The SMILES string of the molecule is Clc1cccc2c1C1(C#Cc3c4ccccc4cc4ccccc34)c3ccccc3C2c2ccccc21. The minimum absolute atomic E-state index is 0.170. The quantitative estimate of drug-likeness (QED) is 0.148. The van der Waals surface area contributed by atoms with Crippen LogP contribution in [-0.4, -0.2) is 0 Å². The summed E-state index contributed by atoms with van der Waals surface area (Å²) < 4.78 is 0. The van der Waals surface area contributed by atoms with Crippen LogP contribution in [0.3, 0.4) is 0 Å². The van der Waals surface area contributed by atoms with E-state index in [2.05, 4.69) is 127 Å². The van der Waals surface area contributed by atoms with Gasteiger partial charge in [0, 0.05) is 22.1 Å². The third-order valence-electron chi connectivity index (χ3n) is 8.23. The van der Waals surface area contributed by atoms with Gasteiger partial charge in [0.2, 0.25) is 0 Å². The van der Waals surface area contributed by atoms with Crippen molar-refractivity contribution in [2.24, 2.45) is 0 Å². The molecule has 0 heterocycles. The summed E-state index contributed by atoms with van der Waals surface area (Å²) in [4.78, 5) is 0. The number of hydrogen-bond donors (Lipinski definition) is 0. The molecule has 0 aromatic heterocycles. The van der Waals surface area contributed by atoms with Crippen molar-refractivity contribution in [2.45, 2.75) is 11.3 Å². The summed E-state index contributed by atoms with van der Waals surface area (Å²) in [6.07, 6.45) is 0. The Morgan fingerprint density at radius 3 is 1.76 bits per heavy atom. The Morgan fingerprint density at radius 1 is 0.568 bits per heavy atom. The number of rotatable bonds is 0. The van der Waals surface area contributed by atoms with Gasteiger partial charge in [-0.3, -0.25) is 0 Å². The number of benzene rings is 6. The van der Waals surface area contributed by atoms with Crippen LogP contribution in [0.4, 0.5) is 0 Å². The summed E-state index contributed by atoms with van der Waals surface area (Å²) in [7, 11) is 0. The zero-order valence-corrected chi connectivity index (χ0v) is 20.8. The summed E-state index contributed by atoms with van der Waals surface area (Å²) in [5.41, 5.74) is 7.97. The van der Waals surface area contributed by atoms with E-state index in [4.69, 9.17) is 11.6 Å². The van der Waals surface area contributed by atoms with E-state index in [-0.39, 0.29) is 5.92 Å². The molecular weight excluding hydrogens is 468 g/mol. The number of halogens is 1. The first-order valence-electron chi connectivity index (χ1n) is 12.7. The number of fused-ring (bicyclic) bond motifs is 2. The first-order valence-corrected chi connectivity index (χ1v) is 13.1. The van der Waals surface area contributed by atoms with Gasteiger partial charge >= 0.3 is 0 Å². The molecule has 0 nitrogen and oxygen atoms in total. The fraction of sp³-hybridized carbons (Fsp3) is 0.0556. The van der Waals surface area contributed by atoms with Crippen LogP contribution in [-0.2, 0) is 5.41 Å². The van der Waals surface area contributed by atoms with Gasteiger partial charge in [-0.1, -0.05) is 133 Å². The van der Waals surface area contributed by atoms with E-state index in [0.717, 1.165) is 16.1 Å². The highest BCUT2D eigenvalue weighted by molar-refractivity contribution is 6.32. The molecule has 0 spiro atoms. The first kappa shape index (κ1) is 20.8. The molecular formula is C36H21Cl. The maximum atomic E-state index is 7.06. The molecule has 6 aromatic rings. The Labute approximate surface area is 221 Å². The topological polar surface area (TPSA) is 0 Å². The standard InChI is InChI=1S/C36H21Cl/c37-33-19-9-16-30-34-28-14-5-7-17-31(28)36(35(30)33,32-18-8-6-15-29(32)34)21-20-27-25-12-3-1-10-23(25)22-24-11-2-4-13-26(24)27/h1-19,22,34H. The molecule has 2 bridgehead atoms. The molecule has 0 saturated carbocycles. The molecule has 0 N–H and O–H groups in total. The third kappa shape index (κ3) is 2.70.